The minimum atomic E-state index is -4.81. The summed E-state index contributed by atoms with van der Waals surface area (Å²) in [5.41, 5.74) is 2.79. The van der Waals surface area contributed by atoms with Gasteiger partial charge in [-0.25, -0.2) is 8.78 Å². The summed E-state index contributed by atoms with van der Waals surface area (Å²) >= 11 is 0. The highest BCUT2D eigenvalue weighted by atomic mass is 19.4. The van der Waals surface area contributed by atoms with Gasteiger partial charge in [-0.2, -0.15) is 13.2 Å². The molecule has 0 heterocycles. The third kappa shape index (κ3) is 6.34. The van der Waals surface area contributed by atoms with Crippen molar-refractivity contribution in [2.45, 2.75) is 77.3 Å². The lowest BCUT2D eigenvalue weighted by atomic mass is 9.76. The fourth-order valence-corrected chi connectivity index (χ4v) is 5.44. The normalized spacial score (nSPS) is 20.7. The van der Waals surface area contributed by atoms with Crippen molar-refractivity contribution in [2.75, 3.05) is 0 Å². The first-order chi connectivity index (χ1) is 16.7. The fraction of sp³-hybridized carbons (Fsp3) is 0.467. The van der Waals surface area contributed by atoms with Crippen molar-refractivity contribution in [1.29, 1.82) is 0 Å². The van der Waals surface area contributed by atoms with Crippen molar-refractivity contribution >= 4 is 16.3 Å². The largest absolute Gasteiger partial charge is 0.458 e. The molecule has 2 aliphatic carbocycles. The van der Waals surface area contributed by atoms with Crippen LogP contribution in [0.15, 0.2) is 42.0 Å². The average Bonchev–Trinajstić information content (AvgIpc) is 2.83. The first-order valence-electron chi connectivity index (χ1n) is 12.6. The number of fused-ring (bicyclic) bond motifs is 1. The Morgan fingerprint density at radius 1 is 0.971 bits per heavy atom. The fourth-order valence-electron chi connectivity index (χ4n) is 5.44. The average molecular weight is 487 g/mol. The molecule has 0 N–H and O–H groups in total. The minimum Gasteiger partial charge on any atom is -0.205 e. The number of hydrogen-bond acceptors (Lipinski definition) is 0. The van der Waals surface area contributed by atoms with Crippen molar-refractivity contribution < 1.29 is 22.0 Å². The van der Waals surface area contributed by atoms with E-state index < -0.39 is 23.4 Å². The molecule has 0 bridgehead atoms. The lowest BCUT2D eigenvalue weighted by Gasteiger charge is -2.29. The van der Waals surface area contributed by atoms with Crippen molar-refractivity contribution in [3.8, 4) is 11.8 Å². The van der Waals surface area contributed by atoms with Crippen LogP contribution in [0.4, 0.5) is 22.0 Å². The van der Waals surface area contributed by atoms with Crippen LogP contribution < -0.4 is 0 Å². The Balaban J connectivity index is 1.46. The van der Waals surface area contributed by atoms with E-state index in [2.05, 4.69) is 19.1 Å². The number of alkyl halides is 3. The van der Waals surface area contributed by atoms with Crippen molar-refractivity contribution in [1.82, 2.24) is 0 Å². The Morgan fingerprint density at radius 2 is 1.80 bits per heavy atom. The van der Waals surface area contributed by atoms with Gasteiger partial charge < -0.3 is 0 Å². The van der Waals surface area contributed by atoms with Gasteiger partial charge in [0.05, 0.1) is 5.56 Å². The van der Waals surface area contributed by atoms with E-state index in [0.29, 0.717) is 11.3 Å². The summed E-state index contributed by atoms with van der Waals surface area (Å²) < 4.78 is 66.2. The van der Waals surface area contributed by atoms with Crippen LogP contribution in [-0.2, 0) is 0 Å². The molecule has 0 saturated heterocycles. The maximum Gasteiger partial charge on any atom is 0.458 e. The van der Waals surface area contributed by atoms with Gasteiger partial charge in [-0.15, -0.1) is 0 Å². The van der Waals surface area contributed by atoms with Gasteiger partial charge in [-0.05, 0) is 79.0 Å². The molecule has 35 heavy (non-hydrogen) atoms. The summed E-state index contributed by atoms with van der Waals surface area (Å²) in [6.45, 7) is 2.24. The number of halogens is 5. The van der Waals surface area contributed by atoms with Gasteiger partial charge in [0.25, 0.3) is 0 Å². The Morgan fingerprint density at radius 3 is 2.46 bits per heavy atom. The molecule has 4 rings (SSSR count). The van der Waals surface area contributed by atoms with E-state index in [-0.39, 0.29) is 5.39 Å². The van der Waals surface area contributed by atoms with Crippen LogP contribution in [0.3, 0.4) is 0 Å². The molecule has 0 fully saturated rings. The molecule has 0 amide bonds. The molecule has 0 saturated carbocycles. The van der Waals surface area contributed by atoms with Crippen LogP contribution in [-0.4, -0.2) is 6.18 Å². The first kappa shape index (κ1) is 25.5. The highest BCUT2D eigenvalue weighted by molar-refractivity contribution is 5.88. The lowest BCUT2D eigenvalue weighted by molar-refractivity contribution is -0.0696. The number of benzene rings is 2. The van der Waals surface area contributed by atoms with Gasteiger partial charge in [0.1, 0.15) is 11.6 Å². The van der Waals surface area contributed by atoms with Crippen molar-refractivity contribution in [2.24, 2.45) is 11.8 Å². The Labute approximate surface area is 204 Å². The molecule has 2 unspecified atom stereocenters. The zero-order valence-corrected chi connectivity index (χ0v) is 20.1. The molecule has 186 valence electrons. The molecule has 0 aliphatic heterocycles. The predicted molar refractivity (Wildman–Crippen MR) is 132 cm³/mol. The molecule has 2 atom stereocenters. The zero-order valence-electron chi connectivity index (χ0n) is 20.1. The van der Waals surface area contributed by atoms with Crippen LogP contribution >= 0.6 is 0 Å². The monoisotopic (exact) mass is 486 g/mol. The quantitative estimate of drug-likeness (QED) is 0.165. The molecular weight excluding hydrogens is 455 g/mol. The topological polar surface area (TPSA) is 0 Å². The standard InChI is InChI=1S/C30H31F5/c1-2-3-4-5-20-6-8-21(9-7-20)22-10-12-23(13-11-22)24-14-15-26-25(18-24)19-28(31)27(29(26)32)16-17-30(33,34)35/h8,12,14-15,18-20,22H,2-7,9-11,13H2,1H3. The number of hydrogen-bond donors (Lipinski definition) is 0. The van der Waals surface area contributed by atoms with Crippen LogP contribution in [0.2, 0.25) is 0 Å². The Kier molecular flexibility index (Phi) is 7.99. The molecular formula is C30H31F5. The molecule has 0 radical (unpaired) electrons. The second kappa shape index (κ2) is 11.0. The molecule has 0 aromatic heterocycles. The van der Waals surface area contributed by atoms with E-state index in [9.17, 15) is 22.0 Å². The van der Waals surface area contributed by atoms with Crippen molar-refractivity contribution in [3.05, 3.63) is 64.8 Å². The SMILES string of the molecule is CCCCCC1CC=C(C2CC=C(c3ccc4c(F)c(C#CC(F)(F)F)c(F)cc4c3)CC2)CC1. The van der Waals surface area contributed by atoms with Crippen LogP contribution in [0.5, 0.6) is 0 Å². The summed E-state index contributed by atoms with van der Waals surface area (Å²) in [6.07, 6.45) is 11.8. The maximum atomic E-state index is 14.7. The summed E-state index contributed by atoms with van der Waals surface area (Å²) in [6, 6.07) is 6.05. The van der Waals surface area contributed by atoms with Gasteiger partial charge in [0.15, 0.2) is 0 Å². The van der Waals surface area contributed by atoms with E-state index in [4.69, 9.17) is 0 Å². The van der Waals surface area contributed by atoms with Gasteiger partial charge in [0.2, 0.25) is 0 Å². The zero-order chi connectivity index (χ0) is 25.0. The molecule has 2 aliphatic rings. The summed E-state index contributed by atoms with van der Waals surface area (Å²) in [5.74, 6) is 1.81. The molecule has 0 nitrogen and oxygen atoms in total. The molecule has 0 spiro atoms. The number of allylic oxidation sites excluding steroid dienone is 4. The smallest absolute Gasteiger partial charge is 0.205 e. The second-order valence-corrected chi connectivity index (χ2v) is 9.85. The number of unbranched alkanes of at least 4 members (excludes halogenated alkanes) is 2. The first-order valence-corrected chi connectivity index (χ1v) is 12.6. The van der Waals surface area contributed by atoms with Crippen LogP contribution in [0, 0.1) is 35.3 Å². The minimum absolute atomic E-state index is 0.0664. The molecule has 2 aromatic rings. The number of rotatable bonds is 6. The summed E-state index contributed by atoms with van der Waals surface area (Å²) in [4.78, 5) is 0. The third-order valence-corrected chi connectivity index (χ3v) is 7.43. The maximum absolute atomic E-state index is 14.7. The van der Waals surface area contributed by atoms with E-state index in [1.54, 1.807) is 23.6 Å². The predicted octanol–water partition coefficient (Wildman–Crippen LogP) is 9.52. The highest BCUT2D eigenvalue weighted by Crippen LogP contribution is 2.39. The summed E-state index contributed by atoms with van der Waals surface area (Å²) in [7, 11) is 0. The van der Waals surface area contributed by atoms with Crippen molar-refractivity contribution in [3.63, 3.8) is 0 Å². The highest BCUT2D eigenvalue weighted by Gasteiger charge is 2.25. The van der Waals surface area contributed by atoms with Gasteiger partial charge in [0, 0.05) is 11.3 Å². The summed E-state index contributed by atoms with van der Waals surface area (Å²) in [5, 5.41) is 0.388. The van der Waals surface area contributed by atoms with Gasteiger partial charge in [-0.3, -0.25) is 0 Å². The Bertz CT molecular complexity index is 1190. The van der Waals surface area contributed by atoms with Gasteiger partial charge in [-0.1, -0.05) is 68.4 Å². The third-order valence-electron chi connectivity index (χ3n) is 7.43. The van der Waals surface area contributed by atoms with E-state index in [1.165, 1.54) is 51.0 Å². The molecule has 2 aromatic carbocycles. The Hall–Kier alpha value is -2.61. The van der Waals surface area contributed by atoms with E-state index >= 15 is 0 Å². The van der Waals surface area contributed by atoms with E-state index in [0.717, 1.165) is 48.3 Å². The van der Waals surface area contributed by atoms with Crippen LogP contribution in [0.1, 0.15) is 82.3 Å². The molecule has 5 heteroatoms. The van der Waals surface area contributed by atoms with Crippen LogP contribution in [0.25, 0.3) is 16.3 Å². The van der Waals surface area contributed by atoms with E-state index in [1.807, 2.05) is 0 Å². The second-order valence-electron chi connectivity index (χ2n) is 9.85. The lowest BCUT2D eigenvalue weighted by Crippen LogP contribution is -2.14. The van der Waals surface area contributed by atoms with Gasteiger partial charge >= 0.3 is 6.18 Å².